The van der Waals surface area contributed by atoms with Crippen LogP contribution >= 0.6 is 11.3 Å². The molecule has 106 valence electrons. The average Bonchev–Trinajstić information content (AvgIpc) is 2.89. The Morgan fingerprint density at radius 3 is 2.50 bits per heavy atom. The molecular weight excluding hydrogens is 274 g/mol. The molecule has 0 aliphatic rings. The van der Waals surface area contributed by atoms with Gasteiger partial charge in [0.2, 0.25) is 0 Å². The van der Waals surface area contributed by atoms with E-state index in [2.05, 4.69) is 32.2 Å². The van der Waals surface area contributed by atoms with E-state index >= 15 is 0 Å². The molecule has 0 bridgehead atoms. The molecule has 2 aromatic rings. The standard InChI is InChI=1S/C13H17N5OS/c1-3-18(8-9-19)12-6-4-11(5-7-12)15-17-13-16-14-10(2)20-13/h4-7,19H,3,8-9H2,1-2H3. The SMILES string of the molecule is CCN(CCO)c1ccc(N=Nc2nnc(C)s2)cc1. The lowest BCUT2D eigenvalue weighted by molar-refractivity contribution is 0.302. The maximum absolute atomic E-state index is 9.01. The number of benzene rings is 1. The third-order valence-electron chi connectivity index (χ3n) is 2.73. The molecule has 0 amide bonds. The van der Waals surface area contributed by atoms with E-state index in [0.29, 0.717) is 11.7 Å². The summed E-state index contributed by atoms with van der Waals surface area (Å²) in [5.74, 6) is 0. The van der Waals surface area contributed by atoms with Gasteiger partial charge >= 0.3 is 0 Å². The Kier molecular flexibility index (Phi) is 5.14. The quantitative estimate of drug-likeness (QED) is 0.830. The molecule has 0 saturated carbocycles. The van der Waals surface area contributed by atoms with Gasteiger partial charge < -0.3 is 10.0 Å². The number of azo groups is 1. The summed E-state index contributed by atoms with van der Waals surface area (Å²) in [6, 6.07) is 7.73. The van der Waals surface area contributed by atoms with Crippen molar-refractivity contribution in [1.29, 1.82) is 0 Å². The van der Waals surface area contributed by atoms with Gasteiger partial charge in [0.15, 0.2) is 0 Å². The molecule has 7 heteroatoms. The van der Waals surface area contributed by atoms with Crippen LogP contribution in [0.1, 0.15) is 11.9 Å². The predicted molar refractivity (Wildman–Crippen MR) is 80.2 cm³/mol. The first-order chi connectivity index (χ1) is 9.72. The molecule has 1 aromatic heterocycles. The van der Waals surface area contributed by atoms with Crippen LogP contribution in [-0.4, -0.2) is 35.0 Å². The molecule has 0 atom stereocenters. The summed E-state index contributed by atoms with van der Waals surface area (Å²) in [7, 11) is 0. The Morgan fingerprint density at radius 1 is 1.20 bits per heavy atom. The Hall–Kier alpha value is -1.86. The van der Waals surface area contributed by atoms with Crippen LogP contribution in [0.4, 0.5) is 16.5 Å². The van der Waals surface area contributed by atoms with E-state index in [0.717, 1.165) is 22.9 Å². The van der Waals surface area contributed by atoms with Crippen molar-refractivity contribution in [2.45, 2.75) is 13.8 Å². The number of likely N-dealkylation sites (N-methyl/N-ethyl adjacent to an activating group) is 1. The van der Waals surface area contributed by atoms with Crippen LogP contribution in [0.5, 0.6) is 0 Å². The second kappa shape index (κ2) is 7.06. The summed E-state index contributed by atoms with van der Waals surface area (Å²) in [5, 5.41) is 26.4. The maximum atomic E-state index is 9.01. The molecule has 0 spiro atoms. The summed E-state index contributed by atoms with van der Waals surface area (Å²) in [6.45, 7) is 5.56. The molecule has 1 N–H and O–H groups in total. The van der Waals surface area contributed by atoms with Crippen LogP contribution in [0.2, 0.25) is 0 Å². The van der Waals surface area contributed by atoms with E-state index in [9.17, 15) is 0 Å². The number of aliphatic hydroxyl groups is 1. The second-order valence-corrected chi connectivity index (χ2v) is 5.28. The first-order valence-corrected chi connectivity index (χ1v) is 7.22. The normalized spacial score (nSPS) is 11.2. The largest absolute Gasteiger partial charge is 0.395 e. The van der Waals surface area contributed by atoms with Crippen LogP contribution in [0, 0.1) is 6.92 Å². The zero-order valence-corrected chi connectivity index (χ0v) is 12.3. The smallest absolute Gasteiger partial charge is 0.251 e. The number of aliphatic hydroxyl groups excluding tert-OH is 1. The molecule has 0 fully saturated rings. The van der Waals surface area contributed by atoms with E-state index in [4.69, 9.17) is 5.11 Å². The van der Waals surface area contributed by atoms with E-state index in [1.165, 1.54) is 11.3 Å². The number of nitrogens with zero attached hydrogens (tertiary/aromatic N) is 5. The van der Waals surface area contributed by atoms with E-state index in [1.807, 2.05) is 31.2 Å². The number of aromatic nitrogens is 2. The Balaban J connectivity index is 2.06. The van der Waals surface area contributed by atoms with Crippen molar-refractivity contribution in [3.05, 3.63) is 29.3 Å². The van der Waals surface area contributed by atoms with Crippen LogP contribution in [0.25, 0.3) is 0 Å². The van der Waals surface area contributed by atoms with Crippen LogP contribution in [0.3, 0.4) is 0 Å². The number of anilines is 1. The van der Waals surface area contributed by atoms with E-state index in [1.54, 1.807) is 0 Å². The van der Waals surface area contributed by atoms with Gasteiger partial charge in [-0.2, -0.15) is 0 Å². The van der Waals surface area contributed by atoms with Gasteiger partial charge in [-0.25, -0.2) is 0 Å². The Bertz CT molecular complexity index is 566. The molecule has 0 saturated heterocycles. The lowest BCUT2D eigenvalue weighted by atomic mass is 10.2. The third-order valence-corrected chi connectivity index (χ3v) is 3.46. The summed E-state index contributed by atoms with van der Waals surface area (Å²) < 4.78 is 0. The highest BCUT2D eigenvalue weighted by molar-refractivity contribution is 7.14. The molecule has 6 nitrogen and oxygen atoms in total. The maximum Gasteiger partial charge on any atom is 0.251 e. The van der Waals surface area contributed by atoms with Crippen molar-refractivity contribution in [3.63, 3.8) is 0 Å². The predicted octanol–water partition coefficient (Wildman–Crippen LogP) is 3.08. The van der Waals surface area contributed by atoms with E-state index in [-0.39, 0.29) is 6.61 Å². The first-order valence-electron chi connectivity index (χ1n) is 6.40. The average molecular weight is 291 g/mol. The first kappa shape index (κ1) is 14.5. The molecule has 0 aliphatic carbocycles. The van der Waals surface area contributed by atoms with Crippen molar-refractivity contribution < 1.29 is 5.11 Å². The lowest BCUT2D eigenvalue weighted by Crippen LogP contribution is -2.25. The third kappa shape index (κ3) is 3.82. The van der Waals surface area contributed by atoms with Gasteiger partial charge in [-0.1, -0.05) is 11.3 Å². The number of aryl methyl sites for hydroxylation is 1. The lowest BCUT2D eigenvalue weighted by Gasteiger charge is -2.21. The number of rotatable bonds is 6. The summed E-state index contributed by atoms with van der Waals surface area (Å²) in [6.07, 6.45) is 0. The van der Waals surface area contributed by atoms with Gasteiger partial charge in [0, 0.05) is 18.8 Å². The molecule has 20 heavy (non-hydrogen) atoms. The summed E-state index contributed by atoms with van der Waals surface area (Å²) in [5.41, 5.74) is 1.83. The Morgan fingerprint density at radius 2 is 1.95 bits per heavy atom. The molecule has 1 aromatic carbocycles. The second-order valence-electron chi connectivity index (χ2n) is 4.12. The van der Waals surface area contributed by atoms with E-state index < -0.39 is 0 Å². The van der Waals surface area contributed by atoms with Crippen LogP contribution in [0.15, 0.2) is 34.5 Å². The minimum Gasteiger partial charge on any atom is -0.395 e. The van der Waals surface area contributed by atoms with Gasteiger partial charge in [0.25, 0.3) is 5.13 Å². The van der Waals surface area contributed by atoms with Gasteiger partial charge in [0.05, 0.1) is 12.3 Å². The molecule has 2 rings (SSSR count). The number of hydrogen-bond acceptors (Lipinski definition) is 7. The summed E-state index contributed by atoms with van der Waals surface area (Å²) >= 11 is 1.41. The van der Waals surface area contributed by atoms with Crippen molar-refractivity contribution in [2.75, 3.05) is 24.6 Å². The fraction of sp³-hybridized carbons (Fsp3) is 0.385. The molecule has 0 unspecified atom stereocenters. The van der Waals surface area contributed by atoms with Crippen molar-refractivity contribution >= 4 is 27.8 Å². The minimum atomic E-state index is 0.145. The van der Waals surface area contributed by atoms with Gasteiger partial charge in [-0.3, -0.25) is 0 Å². The van der Waals surface area contributed by atoms with Crippen molar-refractivity contribution in [3.8, 4) is 0 Å². The number of hydrogen-bond donors (Lipinski definition) is 1. The van der Waals surface area contributed by atoms with Gasteiger partial charge in [0.1, 0.15) is 5.01 Å². The van der Waals surface area contributed by atoms with Crippen molar-refractivity contribution in [1.82, 2.24) is 10.2 Å². The fourth-order valence-corrected chi connectivity index (χ4v) is 2.26. The minimum absolute atomic E-state index is 0.145. The zero-order valence-electron chi connectivity index (χ0n) is 11.5. The van der Waals surface area contributed by atoms with Crippen LogP contribution < -0.4 is 4.90 Å². The molecular formula is C13H17N5OS. The molecule has 0 radical (unpaired) electrons. The van der Waals surface area contributed by atoms with Gasteiger partial charge in [-0.15, -0.1) is 20.4 Å². The molecule has 1 heterocycles. The fourth-order valence-electron chi connectivity index (χ4n) is 1.75. The van der Waals surface area contributed by atoms with Crippen LogP contribution in [-0.2, 0) is 0 Å². The Labute approximate surface area is 121 Å². The monoisotopic (exact) mass is 291 g/mol. The van der Waals surface area contributed by atoms with Crippen molar-refractivity contribution in [2.24, 2.45) is 10.2 Å². The highest BCUT2D eigenvalue weighted by atomic mass is 32.1. The highest BCUT2D eigenvalue weighted by Gasteiger charge is 2.03. The summed E-state index contributed by atoms with van der Waals surface area (Å²) in [4.78, 5) is 2.09. The molecule has 0 aliphatic heterocycles. The zero-order chi connectivity index (χ0) is 14.4. The topological polar surface area (TPSA) is 74.0 Å². The van der Waals surface area contributed by atoms with Gasteiger partial charge in [-0.05, 0) is 38.1 Å². The highest BCUT2D eigenvalue weighted by Crippen LogP contribution is 2.23.